The summed E-state index contributed by atoms with van der Waals surface area (Å²) >= 11 is 0. The van der Waals surface area contributed by atoms with E-state index >= 15 is 0 Å². The number of aryl methyl sites for hydroxylation is 1. The molecular weight excluding hydrogens is 282 g/mol. The molecule has 4 N–H and O–H groups in total. The summed E-state index contributed by atoms with van der Waals surface area (Å²) in [5.41, 5.74) is 6.22. The summed E-state index contributed by atoms with van der Waals surface area (Å²) in [6, 6.07) is 10.5. The molecule has 0 bridgehead atoms. The van der Waals surface area contributed by atoms with Crippen molar-refractivity contribution in [2.45, 2.75) is 19.4 Å². The van der Waals surface area contributed by atoms with E-state index in [0.717, 1.165) is 12.8 Å². The lowest BCUT2D eigenvalue weighted by atomic mass is 10.2. The van der Waals surface area contributed by atoms with Crippen LogP contribution in [0.2, 0.25) is 0 Å². The Kier molecular flexibility index (Phi) is 5.67. The predicted octanol–water partition coefficient (Wildman–Crippen LogP) is 1.03. The molecule has 0 unspecified atom stereocenters. The molecule has 0 fully saturated rings. The van der Waals surface area contributed by atoms with Crippen molar-refractivity contribution in [1.82, 2.24) is 15.1 Å². The Morgan fingerprint density at radius 1 is 1.27 bits per heavy atom. The number of nitrogens with one attached hydrogen (secondary N) is 1. The van der Waals surface area contributed by atoms with E-state index < -0.39 is 0 Å². The third-order valence-corrected chi connectivity index (χ3v) is 2.93. The second-order valence-electron chi connectivity index (χ2n) is 4.68. The van der Waals surface area contributed by atoms with Crippen LogP contribution in [0.3, 0.4) is 0 Å². The number of benzene rings is 1. The van der Waals surface area contributed by atoms with Crippen molar-refractivity contribution < 1.29 is 9.90 Å². The van der Waals surface area contributed by atoms with Gasteiger partial charge < -0.3 is 10.8 Å². The molecule has 7 heteroatoms. The minimum atomic E-state index is -0.316. The zero-order valence-corrected chi connectivity index (χ0v) is 12.1. The number of amides is 1. The van der Waals surface area contributed by atoms with Gasteiger partial charge in [-0.05, 0) is 25.0 Å². The maximum Gasteiger partial charge on any atom is 0.257 e. The largest absolute Gasteiger partial charge is 0.396 e. The van der Waals surface area contributed by atoms with Crippen LogP contribution in [0.15, 0.2) is 47.6 Å². The van der Waals surface area contributed by atoms with Gasteiger partial charge in [-0.2, -0.15) is 10.1 Å². The molecule has 22 heavy (non-hydrogen) atoms. The highest BCUT2D eigenvalue weighted by Gasteiger charge is 2.06. The van der Waals surface area contributed by atoms with E-state index in [1.54, 1.807) is 41.2 Å². The number of unbranched alkanes of at least 4 members (excludes halogenated alkanes) is 1. The third-order valence-electron chi connectivity index (χ3n) is 2.93. The number of carbonyl (C=O) groups excluding carboxylic acids is 1. The fourth-order valence-corrected chi connectivity index (χ4v) is 1.85. The number of carbonyl (C=O) groups is 1. The molecular formula is C15H19N5O2. The van der Waals surface area contributed by atoms with E-state index in [2.05, 4.69) is 15.4 Å². The number of hydrogen-bond donors (Lipinski definition) is 3. The summed E-state index contributed by atoms with van der Waals surface area (Å²) in [6.45, 7) is 0.872. The lowest BCUT2D eigenvalue weighted by molar-refractivity contribution is 0.0976. The van der Waals surface area contributed by atoms with E-state index in [-0.39, 0.29) is 18.5 Å². The minimum absolute atomic E-state index is 0.00513. The number of nitrogens with zero attached hydrogens (tertiary/aromatic N) is 3. The molecule has 1 aromatic heterocycles. The standard InChI is InChI=1S/C15H19N5O2/c16-15(18-14(22)12-6-2-1-3-7-12)17-13-8-10-20(19-13)9-4-5-11-21/h1-3,6-8,10,21H,4-5,9,11H2,(H3,16,17,18,19,22). The van der Waals surface area contributed by atoms with Gasteiger partial charge in [-0.15, -0.1) is 0 Å². The monoisotopic (exact) mass is 301 g/mol. The molecule has 0 saturated carbocycles. The minimum Gasteiger partial charge on any atom is -0.396 e. The maximum absolute atomic E-state index is 11.9. The normalized spacial score (nSPS) is 11.4. The molecule has 1 aromatic carbocycles. The Morgan fingerprint density at radius 3 is 2.77 bits per heavy atom. The Labute approximate surface area is 128 Å². The van der Waals surface area contributed by atoms with Crippen LogP contribution in [0.5, 0.6) is 0 Å². The van der Waals surface area contributed by atoms with Crippen LogP contribution in [0.25, 0.3) is 0 Å². The summed E-state index contributed by atoms with van der Waals surface area (Å²) in [5.74, 6) is 0.105. The first kappa shape index (κ1) is 15.7. The average molecular weight is 301 g/mol. The van der Waals surface area contributed by atoms with Crippen LogP contribution in [-0.2, 0) is 6.54 Å². The maximum atomic E-state index is 11.9. The average Bonchev–Trinajstić information content (AvgIpc) is 2.95. The lowest BCUT2D eigenvalue weighted by Gasteiger charge is -2.03. The van der Waals surface area contributed by atoms with Gasteiger partial charge in [-0.1, -0.05) is 18.2 Å². The van der Waals surface area contributed by atoms with Crippen molar-refractivity contribution in [3.05, 3.63) is 48.2 Å². The first-order chi connectivity index (χ1) is 10.7. The zero-order valence-electron chi connectivity index (χ0n) is 12.1. The van der Waals surface area contributed by atoms with E-state index in [4.69, 9.17) is 10.8 Å². The molecule has 7 nitrogen and oxygen atoms in total. The van der Waals surface area contributed by atoms with Crippen LogP contribution in [-0.4, -0.2) is 33.4 Å². The van der Waals surface area contributed by atoms with Crippen molar-refractivity contribution in [1.29, 1.82) is 0 Å². The Hall–Kier alpha value is -2.67. The highest BCUT2D eigenvalue weighted by Crippen LogP contribution is 2.07. The summed E-state index contributed by atoms with van der Waals surface area (Å²) in [6.07, 6.45) is 3.35. The predicted molar refractivity (Wildman–Crippen MR) is 83.7 cm³/mol. The van der Waals surface area contributed by atoms with Crippen molar-refractivity contribution in [3.63, 3.8) is 0 Å². The van der Waals surface area contributed by atoms with E-state index in [1.807, 2.05) is 6.07 Å². The number of aliphatic hydroxyl groups is 1. The molecule has 116 valence electrons. The van der Waals surface area contributed by atoms with Crippen LogP contribution in [0.4, 0.5) is 5.82 Å². The van der Waals surface area contributed by atoms with Gasteiger partial charge in [0.25, 0.3) is 5.91 Å². The number of rotatable bonds is 6. The van der Waals surface area contributed by atoms with Gasteiger partial charge in [-0.3, -0.25) is 14.8 Å². The van der Waals surface area contributed by atoms with Crippen LogP contribution in [0, 0.1) is 0 Å². The highest BCUT2D eigenvalue weighted by atomic mass is 16.2. The number of nitrogens with two attached hydrogens (primary N) is 1. The quantitative estimate of drug-likeness (QED) is 0.421. The lowest BCUT2D eigenvalue weighted by Crippen LogP contribution is -2.36. The third kappa shape index (κ3) is 4.71. The molecule has 2 aromatic rings. The fourth-order valence-electron chi connectivity index (χ4n) is 1.85. The highest BCUT2D eigenvalue weighted by molar-refractivity contribution is 6.05. The first-order valence-corrected chi connectivity index (χ1v) is 7.04. The Balaban J connectivity index is 1.93. The van der Waals surface area contributed by atoms with Gasteiger partial charge >= 0.3 is 0 Å². The van der Waals surface area contributed by atoms with Crippen molar-refractivity contribution in [2.24, 2.45) is 10.7 Å². The zero-order chi connectivity index (χ0) is 15.8. The van der Waals surface area contributed by atoms with Crippen molar-refractivity contribution in [2.75, 3.05) is 6.61 Å². The van der Waals surface area contributed by atoms with Crippen LogP contribution >= 0.6 is 0 Å². The van der Waals surface area contributed by atoms with Crippen molar-refractivity contribution in [3.8, 4) is 0 Å². The molecule has 0 saturated heterocycles. The number of aliphatic imine (C=N–C) groups is 1. The molecule has 1 heterocycles. The smallest absolute Gasteiger partial charge is 0.257 e. The van der Waals surface area contributed by atoms with Gasteiger partial charge in [0.2, 0.25) is 5.96 Å². The summed E-state index contributed by atoms with van der Waals surface area (Å²) in [5, 5.41) is 15.5. The number of guanidine groups is 1. The second-order valence-corrected chi connectivity index (χ2v) is 4.68. The fraction of sp³-hybridized carbons (Fsp3) is 0.267. The van der Waals surface area contributed by atoms with E-state index in [1.165, 1.54) is 0 Å². The number of hydrogen-bond acceptors (Lipinski definition) is 4. The molecule has 0 aliphatic carbocycles. The summed E-state index contributed by atoms with van der Waals surface area (Å²) < 4.78 is 1.72. The van der Waals surface area contributed by atoms with E-state index in [9.17, 15) is 4.79 Å². The number of aromatic nitrogens is 2. The SMILES string of the molecule is NC(=Nc1ccn(CCCCO)n1)NC(=O)c1ccccc1. The Bertz CT molecular complexity index is 636. The van der Waals surface area contributed by atoms with Gasteiger partial charge in [0.15, 0.2) is 5.82 Å². The van der Waals surface area contributed by atoms with E-state index in [0.29, 0.717) is 17.9 Å². The molecule has 0 radical (unpaired) electrons. The number of aliphatic hydroxyl groups excluding tert-OH is 1. The van der Waals surface area contributed by atoms with Crippen molar-refractivity contribution >= 4 is 17.7 Å². The molecule has 0 spiro atoms. The van der Waals surface area contributed by atoms with Gasteiger partial charge in [0, 0.05) is 31.0 Å². The molecule has 1 amide bonds. The summed E-state index contributed by atoms with van der Waals surface area (Å²) in [4.78, 5) is 16.0. The van der Waals surface area contributed by atoms with Gasteiger partial charge in [-0.25, -0.2) is 0 Å². The molecule has 0 atom stereocenters. The molecule has 0 aliphatic rings. The first-order valence-electron chi connectivity index (χ1n) is 7.04. The topological polar surface area (TPSA) is 106 Å². The summed E-state index contributed by atoms with van der Waals surface area (Å²) in [7, 11) is 0. The van der Waals surface area contributed by atoms with Gasteiger partial charge in [0.1, 0.15) is 0 Å². The van der Waals surface area contributed by atoms with Crippen LogP contribution in [0.1, 0.15) is 23.2 Å². The second kappa shape index (κ2) is 7.94. The molecule has 2 rings (SSSR count). The van der Waals surface area contributed by atoms with Gasteiger partial charge in [0.05, 0.1) is 0 Å². The van der Waals surface area contributed by atoms with Crippen LogP contribution < -0.4 is 11.1 Å². The Morgan fingerprint density at radius 2 is 2.05 bits per heavy atom. The molecule has 0 aliphatic heterocycles.